The van der Waals surface area contributed by atoms with Crippen LogP contribution in [0.1, 0.15) is 42.8 Å². The first-order valence-electron chi connectivity index (χ1n) is 8.10. The van der Waals surface area contributed by atoms with Crippen molar-refractivity contribution >= 4 is 17.7 Å². The standard InChI is InChI=1S/C17H21N3O2S/c1-2-22-16(21)15(13-9-5-3-6-10-13)23-17-19-18-14-11-7-4-8-12-20(14)17/h3,5-6,9-10,15H,2,4,7-8,11-12H2,1H3/t15-/m0/s1. The fourth-order valence-electron chi connectivity index (χ4n) is 2.75. The van der Waals surface area contributed by atoms with Crippen LogP contribution in [0.4, 0.5) is 0 Å². The van der Waals surface area contributed by atoms with E-state index in [2.05, 4.69) is 14.8 Å². The number of hydrogen-bond donors (Lipinski definition) is 0. The molecule has 0 spiro atoms. The summed E-state index contributed by atoms with van der Waals surface area (Å²) in [7, 11) is 0. The van der Waals surface area contributed by atoms with Gasteiger partial charge < -0.3 is 9.30 Å². The van der Waals surface area contributed by atoms with Gasteiger partial charge in [-0.05, 0) is 25.3 Å². The lowest BCUT2D eigenvalue weighted by atomic mass is 10.1. The summed E-state index contributed by atoms with van der Waals surface area (Å²) in [5.41, 5.74) is 0.932. The molecule has 1 aromatic carbocycles. The van der Waals surface area contributed by atoms with E-state index < -0.39 is 5.25 Å². The van der Waals surface area contributed by atoms with Gasteiger partial charge in [-0.2, -0.15) is 0 Å². The van der Waals surface area contributed by atoms with Gasteiger partial charge in [-0.15, -0.1) is 10.2 Å². The molecule has 122 valence electrons. The number of esters is 1. The van der Waals surface area contributed by atoms with E-state index in [9.17, 15) is 4.79 Å². The number of carbonyl (C=O) groups excluding carboxylic acids is 1. The van der Waals surface area contributed by atoms with E-state index in [0.717, 1.165) is 42.4 Å². The zero-order chi connectivity index (χ0) is 16.1. The number of hydrogen-bond acceptors (Lipinski definition) is 5. The first kappa shape index (κ1) is 16.1. The van der Waals surface area contributed by atoms with Gasteiger partial charge in [0, 0.05) is 13.0 Å². The van der Waals surface area contributed by atoms with Crippen molar-refractivity contribution in [3.8, 4) is 0 Å². The number of rotatable bonds is 5. The summed E-state index contributed by atoms with van der Waals surface area (Å²) in [5, 5.41) is 9.02. The van der Waals surface area contributed by atoms with E-state index in [1.807, 2.05) is 37.3 Å². The second kappa shape index (κ2) is 7.64. The Bertz CT molecular complexity index is 657. The zero-order valence-electron chi connectivity index (χ0n) is 13.3. The Morgan fingerprint density at radius 3 is 2.87 bits per heavy atom. The third kappa shape index (κ3) is 3.75. The van der Waals surface area contributed by atoms with E-state index >= 15 is 0 Å². The fraction of sp³-hybridized carbons (Fsp3) is 0.471. The molecule has 0 radical (unpaired) electrons. The minimum atomic E-state index is -0.410. The minimum Gasteiger partial charge on any atom is -0.465 e. The SMILES string of the molecule is CCOC(=O)[C@@H](Sc1nnc2n1CCCCC2)c1ccccc1. The maximum atomic E-state index is 12.4. The van der Waals surface area contributed by atoms with Crippen LogP contribution >= 0.6 is 11.8 Å². The lowest BCUT2D eigenvalue weighted by Crippen LogP contribution is -2.14. The van der Waals surface area contributed by atoms with Gasteiger partial charge in [-0.1, -0.05) is 48.5 Å². The molecule has 0 saturated carbocycles. The normalized spacial score (nSPS) is 15.5. The van der Waals surface area contributed by atoms with Crippen molar-refractivity contribution in [2.45, 2.75) is 49.6 Å². The summed E-state index contributed by atoms with van der Waals surface area (Å²) < 4.78 is 7.42. The van der Waals surface area contributed by atoms with Crippen LogP contribution in [0.25, 0.3) is 0 Å². The molecule has 3 rings (SSSR count). The zero-order valence-corrected chi connectivity index (χ0v) is 14.1. The van der Waals surface area contributed by atoms with E-state index in [-0.39, 0.29) is 5.97 Å². The number of carbonyl (C=O) groups is 1. The van der Waals surface area contributed by atoms with Gasteiger partial charge in [0.2, 0.25) is 0 Å². The van der Waals surface area contributed by atoms with Crippen molar-refractivity contribution < 1.29 is 9.53 Å². The number of benzene rings is 1. The highest BCUT2D eigenvalue weighted by molar-refractivity contribution is 8.00. The van der Waals surface area contributed by atoms with Crippen molar-refractivity contribution in [3.05, 3.63) is 41.7 Å². The predicted molar refractivity (Wildman–Crippen MR) is 89.3 cm³/mol. The summed E-state index contributed by atoms with van der Waals surface area (Å²) in [6.45, 7) is 3.13. The van der Waals surface area contributed by atoms with Gasteiger partial charge >= 0.3 is 5.97 Å². The minimum absolute atomic E-state index is 0.227. The van der Waals surface area contributed by atoms with Crippen LogP contribution in [0.15, 0.2) is 35.5 Å². The molecule has 2 heterocycles. The van der Waals surface area contributed by atoms with Crippen LogP contribution < -0.4 is 0 Å². The van der Waals surface area contributed by atoms with Gasteiger partial charge in [0.25, 0.3) is 0 Å². The molecule has 0 aliphatic carbocycles. The van der Waals surface area contributed by atoms with Gasteiger partial charge in [0.1, 0.15) is 11.1 Å². The first-order valence-corrected chi connectivity index (χ1v) is 8.98. The molecule has 1 aromatic heterocycles. The molecule has 1 aliphatic heterocycles. The number of aryl methyl sites for hydroxylation is 1. The molecule has 0 N–H and O–H groups in total. The summed E-state index contributed by atoms with van der Waals surface area (Å²) in [5.74, 6) is 0.801. The molecule has 23 heavy (non-hydrogen) atoms. The van der Waals surface area contributed by atoms with Crippen molar-refractivity contribution in [3.63, 3.8) is 0 Å². The van der Waals surface area contributed by atoms with Crippen LogP contribution in [0.2, 0.25) is 0 Å². The monoisotopic (exact) mass is 331 g/mol. The Balaban J connectivity index is 1.87. The highest BCUT2D eigenvalue weighted by atomic mass is 32.2. The Hall–Kier alpha value is -1.82. The van der Waals surface area contributed by atoms with Crippen LogP contribution in [0, 0.1) is 0 Å². The number of aromatic nitrogens is 3. The summed E-state index contributed by atoms with van der Waals surface area (Å²) in [6.07, 6.45) is 4.47. The topological polar surface area (TPSA) is 57.0 Å². The highest BCUT2D eigenvalue weighted by Gasteiger charge is 2.27. The first-order chi connectivity index (χ1) is 11.3. The Morgan fingerprint density at radius 2 is 2.09 bits per heavy atom. The molecule has 0 amide bonds. The van der Waals surface area contributed by atoms with Gasteiger partial charge in [-0.25, -0.2) is 0 Å². The summed E-state index contributed by atoms with van der Waals surface area (Å²) >= 11 is 1.44. The molecular weight excluding hydrogens is 310 g/mol. The maximum Gasteiger partial charge on any atom is 0.324 e. The number of thioether (sulfide) groups is 1. The third-order valence-corrected chi connectivity index (χ3v) is 5.11. The predicted octanol–water partition coefficient (Wildman–Crippen LogP) is 3.40. The summed E-state index contributed by atoms with van der Waals surface area (Å²) in [4.78, 5) is 12.4. The van der Waals surface area contributed by atoms with Crippen LogP contribution in [0.3, 0.4) is 0 Å². The van der Waals surface area contributed by atoms with Crippen LogP contribution in [-0.4, -0.2) is 27.3 Å². The van der Waals surface area contributed by atoms with Crippen LogP contribution in [-0.2, 0) is 22.5 Å². The maximum absolute atomic E-state index is 12.4. The molecule has 0 bridgehead atoms. The van der Waals surface area contributed by atoms with Gasteiger partial charge in [0.05, 0.1) is 6.61 Å². The molecular formula is C17H21N3O2S. The fourth-order valence-corrected chi connectivity index (χ4v) is 3.83. The van der Waals surface area contributed by atoms with Crippen molar-refractivity contribution in [1.29, 1.82) is 0 Å². The smallest absolute Gasteiger partial charge is 0.324 e. The second-order valence-corrected chi connectivity index (χ2v) is 6.59. The Kier molecular flexibility index (Phi) is 5.33. The molecule has 1 aliphatic rings. The Morgan fingerprint density at radius 1 is 1.26 bits per heavy atom. The quantitative estimate of drug-likeness (QED) is 0.621. The third-order valence-electron chi connectivity index (χ3n) is 3.90. The van der Waals surface area contributed by atoms with E-state index in [1.54, 1.807) is 0 Å². The number of fused-ring (bicyclic) bond motifs is 1. The van der Waals surface area contributed by atoms with Crippen LogP contribution in [0.5, 0.6) is 0 Å². The Labute approximate surface area is 140 Å². The highest BCUT2D eigenvalue weighted by Crippen LogP contribution is 2.36. The van der Waals surface area contributed by atoms with Crippen molar-refractivity contribution in [1.82, 2.24) is 14.8 Å². The number of nitrogens with zero attached hydrogens (tertiary/aromatic N) is 3. The van der Waals surface area contributed by atoms with E-state index in [4.69, 9.17) is 4.74 Å². The average Bonchev–Trinajstić information content (AvgIpc) is 2.80. The van der Waals surface area contributed by atoms with Gasteiger partial charge in [-0.3, -0.25) is 4.79 Å². The van der Waals surface area contributed by atoms with Crippen molar-refractivity contribution in [2.75, 3.05) is 6.61 Å². The van der Waals surface area contributed by atoms with Gasteiger partial charge in [0.15, 0.2) is 5.16 Å². The number of ether oxygens (including phenoxy) is 1. The largest absolute Gasteiger partial charge is 0.465 e. The summed E-state index contributed by atoms with van der Waals surface area (Å²) in [6, 6.07) is 9.72. The van der Waals surface area contributed by atoms with Crippen molar-refractivity contribution in [2.24, 2.45) is 0 Å². The van der Waals surface area contributed by atoms with E-state index in [0.29, 0.717) is 6.61 Å². The molecule has 6 heteroatoms. The lowest BCUT2D eigenvalue weighted by Gasteiger charge is -2.15. The molecule has 0 unspecified atom stereocenters. The molecule has 0 fully saturated rings. The average molecular weight is 331 g/mol. The molecule has 5 nitrogen and oxygen atoms in total. The molecule has 1 atom stereocenters. The molecule has 2 aromatic rings. The lowest BCUT2D eigenvalue weighted by molar-refractivity contribution is -0.142. The van der Waals surface area contributed by atoms with E-state index in [1.165, 1.54) is 18.2 Å². The molecule has 0 saturated heterocycles. The second-order valence-electron chi connectivity index (χ2n) is 5.52.